The van der Waals surface area contributed by atoms with E-state index in [2.05, 4.69) is 10.6 Å². The molecule has 3 N–H and O–H groups in total. The smallest absolute Gasteiger partial charge is 0.408 e. The molecule has 7 nitrogen and oxygen atoms in total. The summed E-state index contributed by atoms with van der Waals surface area (Å²) < 4.78 is 10.3. The van der Waals surface area contributed by atoms with E-state index in [1.807, 2.05) is 30.3 Å². The number of carbonyl (C=O) groups is 2. The molecule has 1 amide bonds. The zero-order chi connectivity index (χ0) is 24.8. The number of carbonyl (C=O) groups excluding carboxylic acids is 1. The Hall–Kier alpha value is -2.12. The van der Waals surface area contributed by atoms with Crippen molar-refractivity contribution in [3.05, 3.63) is 35.9 Å². The van der Waals surface area contributed by atoms with Crippen LogP contribution in [0.5, 0.6) is 0 Å². The first-order valence-electron chi connectivity index (χ1n) is 12.8. The Morgan fingerprint density at radius 2 is 1.47 bits per heavy atom. The Morgan fingerprint density at radius 1 is 0.941 bits per heavy atom. The predicted molar refractivity (Wildman–Crippen MR) is 134 cm³/mol. The number of alkyl carbamates (subject to hydrolysis) is 1. The fourth-order valence-electron chi connectivity index (χ4n) is 4.37. The highest BCUT2D eigenvalue weighted by atomic mass is 16.6. The molecule has 0 spiro atoms. The molecule has 7 heteroatoms. The van der Waals surface area contributed by atoms with Crippen molar-refractivity contribution in [1.29, 1.82) is 0 Å². The summed E-state index contributed by atoms with van der Waals surface area (Å²) in [5.41, 5.74) is 0.247. The van der Waals surface area contributed by atoms with E-state index in [0.717, 1.165) is 17.6 Å². The first kappa shape index (κ1) is 28.1. The van der Waals surface area contributed by atoms with E-state index in [4.69, 9.17) is 14.6 Å². The number of hydrogen-bond donors (Lipinski definition) is 3. The van der Waals surface area contributed by atoms with Crippen molar-refractivity contribution in [2.75, 3.05) is 6.61 Å². The molecule has 0 radical (unpaired) electrons. The summed E-state index contributed by atoms with van der Waals surface area (Å²) in [4.78, 5) is 22.6. The summed E-state index contributed by atoms with van der Waals surface area (Å²) in [7, 11) is 0. The minimum atomic E-state index is -1.17. The third kappa shape index (κ3) is 12.4. The van der Waals surface area contributed by atoms with Gasteiger partial charge in [-0.05, 0) is 52.0 Å². The molecule has 2 aliphatic carbocycles. The maximum Gasteiger partial charge on any atom is 0.408 e. The number of aliphatic carboxylic acids is 1. The lowest BCUT2D eigenvalue weighted by Gasteiger charge is -2.30. The van der Waals surface area contributed by atoms with Gasteiger partial charge in [0.2, 0.25) is 0 Å². The van der Waals surface area contributed by atoms with Crippen molar-refractivity contribution in [2.24, 2.45) is 0 Å². The normalized spacial score (nSPS) is 18.3. The minimum absolute atomic E-state index is 0.135. The first-order valence-corrected chi connectivity index (χ1v) is 12.8. The van der Waals surface area contributed by atoms with Gasteiger partial charge in [0.15, 0.2) is 6.04 Å². The van der Waals surface area contributed by atoms with Crippen LogP contribution in [0.15, 0.2) is 30.3 Å². The third-order valence-corrected chi connectivity index (χ3v) is 6.07. The van der Waals surface area contributed by atoms with Crippen molar-refractivity contribution >= 4 is 12.1 Å². The Kier molecular flexibility index (Phi) is 12.4. The monoisotopic (exact) mass is 476 g/mol. The fourth-order valence-corrected chi connectivity index (χ4v) is 4.37. The van der Waals surface area contributed by atoms with E-state index in [-0.39, 0.29) is 13.2 Å². The maximum absolute atomic E-state index is 11.6. The van der Waals surface area contributed by atoms with Gasteiger partial charge in [0.1, 0.15) is 5.60 Å². The summed E-state index contributed by atoms with van der Waals surface area (Å²) in [6, 6.07) is 9.96. The van der Waals surface area contributed by atoms with Crippen molar-refractivity contribution < 1.29 is 24.2 Å². The summed E-state index contributed by atoms with van der Waals surface area (Å²) in [6.07, 6.45) is 13.8. The quantitative estimate of drug-likeness (QED) is 0.463. The Bertz CT molecular complexity index is 691. The Morgan fingerprint density at radius 3 is 1.94 bits per heavy atom. The van der Waals surface area contributed by atoms with Gasteiger partial charge in [-0.15, -0.1) is 0 Å². The number of carboxylic acids is 1. The molecule has 1 unspecified atom stereocenters. The molecule has 192 valence electrons. The average Bonchev–Trinajstić information content (AvgIpc) is 2.80. The number of rotatable bonds is 8. The molecule has 0 bridgehead atoms. The van der Waals surface area contributed by atoms with Crippen LogP contribution in [-0.2, 0) is 20.9 Å². The van der Waals surface area contributed by atoms with Crippen LogP contribution in [-0.4, -0.2) is 47.5 Å². The number of ether oxygens (including phenoxy) is 2. The van der Waals surface area contributed by atoms with E-state index in [9.17, 15) is 9.59 Å². The molecule has 1 aromatic rings. The molecule has 2 saturated carbocycles. The maximum atomic E-state index is 11.6. The van der Waals surface area contributed by atoms with Crippen molar-refractivity contribution in [2.45, 2.75) is 115 Å². The lowest BCUT2D eigenvalue weighted by atomic mass is 9.91. The van der Waals surface area contributed by atoms with Gasteiger partial charge in [0, 0.05) is 12.1 Å². The summed E-state index contributed by atoms with van der Waals surface area (Å²) in [5, 5.41) is 15.2. The van der Waals surface area contributed by atoms with Crippen molar-refractivity contribution in [3.63, 3.8) is 0 Å². The number of carboxylic acid groups (broad SMARTS) is 1. The molecule has 3 rings (SSSR count). The number of benzene rings is 1. The molecule has 34 heavy (non-hydrogen) atoms. The molecule has 1 aromatic carbocycles. The van der Waals surface area contributed by atoms with Crippen LogP contribution in [0.3, 0.4) is 0 Å². The van der Waals surface area contributed by atoms with Crippen LogP contribution in [0, 0.1) is 0 Å². The van der Waals surface area contributed by atoms with Gasteiger partial charge in [-0.1, -0.05) is 68.9 Å². The lowest BCUT2D eigenvalue weighted by molar-refractivity contribution is -0.141. The standard InChI is InChI=1S/C15H21NO5.C12H23N/c1-15(2,3)21-14(19)16-12(13(17)18)10-20-9-11-7-5-4-6-8-11;1-3-7-11(8-4-1)13-12-9-5-2-6-10-12/h4-8,12H,9-10H2,1-3H3,(H,16,19)(H,17,18);11-13H,1-10H2. The van der Waals surface area contributed by atoms with Gasteiger partial charge >= 0.3 is 12.1 Å². The molecule has 0 aromatic heterocycles. The first-order chi connectivity index (χ1) is 16.2. The van der Waals surface area contributed by atoms with E-state index < -0.39 is 23.7 Å². The van der Waals surface area contributed by atoms with Crippen LogP contribution in [0.25, 0.3) is 0 Å². The number of amides is 1. The van der Waals surface area contributed by atoms with Gasteiger partial charge in [0.25, 0.3) is 0 Å². The van der Waals surface area contributed by atoms with E-state index in [1.54, 1.807) is 20.8 Å². The highest BCUT2D eigenvalue weighted by Gasteiger charge is 2.24. The minimum Gasteiger partial charge on any atom is -0.480 e. The van der Waals surface area contributed by atoms with Crippen LogP contribution in [0.4, 0.5) is 4.79 Å². The largest absolute Gasteiger partial charge is 0.480 e. The Balaban J connectivity index is 0.000000266. The third-order valence-electron chi connectivity index (χ3n) is 6.07. The van der Waals surface area contributed by atoms with Crippen molar-refractivity contribution in [3.8, 4) is 0 Å². The topological polar surface area (TPSA) is 96.9 Å². The van der Waals surface area contributed by atoms with Gasteiger partial charge < -0.3 is 25.2 Å². The van der Waals surface area contributed by atoms with E-state index >= 15 is 0 Å². The molecular formula is C27H44N2O5. The SMILES string of the molecule is C1CCC(NC2CCCCC2)CC1.CC(C)(C)OC(=O)NC(COCc1ccccc1)C(=O)O. The molecule has 0 saturated heterocycles. The van der Waals surface area contributed by atoms with Crippen molar-refractivity contribution in [1.82, 2.24) is 10.6 Å². The second kappa shape index (κ2) is 15.0. The van der Waals surface area contributed by atoms with Gasteiger partial charge in [-0.3, -0.25) is 0 Å². The van der Waals surface area contributed by atoms with E-state index in [0.29, 0.717) is 0 Å². The van der Waals surface area contributed by atoms with Gasteiger partial charge in [-0.25, -0.2) is 9.59 Å². The zero-order valence-corrected chi connectivity index (χ0v) is 21.2. The summed E-state index contributed by atoms with van der Waals surface area (Å²) >= 11 is 0. The van der Waals surface area contributed by atoms with Gasteiger partial charge in [0.05, 0.1) is 13.2 Å². The van der Waals surface area contributed by atoms with Crippen LogP contribution in [0.2, 0.25) is 0 Å². The van der Waals surface area contributed by atoms with E-state index in [1.165, 1.54) is 64.2 Å². The number of hydrogen-bond acceptors (Lipinski definition) is 5. The molecule has 0 aliphatic heterocycles. The highest BCUT2D eigenvalue weighted by molar-refractivity contribution is 5.80. The molecular weight excluding hydrogens is 432 g/mol. The van der Waals surface area contributed by atoms with Crippen LogP contribution >= 0.6 is 0 Å². The second-order valence-electron chi connectivity index (χ2n) is 10.4. The molecule has 0 heterocycles. The molecule has 1 atom stereocenters. The summed E-state index contributed by atoms with van der Waals surface area (Å²) in [6.45, 7) is 5.25. The Labute approximate surface area is 205 Å². The van der Waals surface area contributed by atoms with Crippen LogP contribution < -0.4 is 10.6 Å². The number of nitrogens with one attached hydrogen (secondary N) is 2. The fraction of sp³-hybridized carbons (Fsp3) is 0.704. The van der Waals surface area contributed by atoms with Crippen LogP contribution in [0.1, 0.15) is 90.5 Å². The summed E-state index contributed by atoms with van der Waals surface area (Å²) in [5.74, 6) is -1.17. The zero-order valence-electron chi connectivity index (χ0n) is 21.2. The lowest BCUT2D eigenvalue weighted by Crippen LogP contribution is -2.46. The average molecular weight is 477 g/mol. The second-order valence-corrected chi connectivity index (χ2v) is 10.4. The molecule has 2 fully saturated rings. The van der Waals surface area contributed by atoms with Gasteiger partial charge in [-0.2, -0.15) is 0 Å². The molecule has 2 aliphatic rings. The predicted octanol–water partition coefficient (Wildman–Crippen LogP) is 5.42. The highest BCUT2D eigenvalue weighted by Crippen LogP contribution is 2.22.